The van der Waals surface area contributed by atoms with Crippen molar-refractivity contribution in [3.63, 3.8) is 0 Å². The second-order valence-electron chi connectivity index (χ2n) is 3.84. The number of hydrogen-bond acceptors (Lipinski definition) is 2. The predicted molar refractivity (Wildman–Crippen MR) is 66.9 cm³/mol. The van der Waals surface area contributed by atoms with Crippen molar-refractivity contribution in [2.24, 2.45) is 0 Å². The first-order chi connectivity index (χ1) is 7.68. The van der Waals surface area contributed by atoms with Crippen molar-refractivity contribution in [3.05, 3.63) is 42.5 Å². The molecule has 0 heterocycles. The Balaban J connectivity index is 2.48. The monoisotopic (exact) mass is 234 g/mol. The first-order valence-corrected chi connectivity index (χ1v) is 6.54. The van der Waals surface area contributed by atoms with E-state index in [4.69, 9.17) is 0 Å². The number of aliphatic hydroxyl groups is 1. The highest BCUT2D eigenvalue weighted by molar-refractivity contribution is 7.85. The number of benzene rings is 2. The minimum Gasteiger partial charge on any atom is -0.392 e. The van der Waals surface area contributed by atoms with Crippen LogP contribution in [0.4, 0.5) is 0 Å². The summed E-state index contributed by atoms with van der Waals surface area (Å²) < 4.78 is 12.0. The van der Waals surface area contributed by atoms with E-state index >= 15 is 0 Å². The third-order valence-corrected chi connectivity index (χ3v) is 4.02. The van der Waals surface area contributed by atoms with Gasteiger partial charge in [0.05, 0.1) is 22.7 Å². The summed E-state index contributed by atoms with van der Waals surface area (Å²) in [5, 5.41) is 11.3. The van der Waals surface area contributed by atoms with Gasteiger partial charge in [0.2, 0.25) is 0 Å². The standard InChI is InChI=1S/C13H14O2S/c1-10(14)9-16(15)13-8-4-6-11-5-2-3-7-12(11)13/h2-8,10,14H,9H2,1H3. The Morgan fingerprint density at radius 2 is 1.88 bits per heavy atom. The Labute approximate surface area is 97.4 Å². The Bertz CT molecular complexity index is 515. The number of aliphatic hydroxyl groups excluding tert-OH is 1. The van der Waals surface area contributed by atoms with E-state index < -0.39 is 16.9 Å². The SMILES string of the molecule is CC(O)CS(=O)c1cccc2ccccc12. The van der Waals surface area contributed by atoms with Gasteiger partial charge in [-0.15, -0.1) is 0 Å². The Hall–Kier alpha value is -1.19. The van der Waals surface area contributed by atoms with Crippen molar-refractivity contribution in [1.29, 1.82) is 0 Å². The van der Waals surface area contributed by atoms with Gasteiger partial charge >= 0.3 is 0 Å². The van der Waals surface area contributed by atoms with Crippen LogP contribution in [0.1, 0.15) is 6.92 Å². The molecule has 2 nitrogen and oxygen atoms in total. The zero-order chi connectivity index (χ0) is 11.5. The fourth-order valence-electron chi connectivity index (χ4n) is 1.70. The van der Waals surface area contributed by atoms with E-state index in [1.165, 1.54) is 0 Å². The molecule has 0 radical (unpaired) electrons. The van der Waals surface area contributed by atoms with Gasteiger partial charge in [-0.2, -0.15) is 0 Å². The lowest BCUT2D eigenvalue weighted by Gasteiger charge is -2.07. The molecule has 0 aliphatic rings. The van der Waals surface area contributed by atoms with Crippen LogP contribution in [-0.4, -0.2) is 21.2 Å². The normalized spacial score (nSPS) is 14.9. The molecule has 3 heteroatoms. The highest BCUT2D eigenvalue weighted by atomic mass is 32.2. The molecule has 0 saturated heterocycles. The third-order valence-electron chi connectivity index (χ3n) is 2.39. The summed E-state index contributed by atoms with van der Waals surface area (Å²) in [6.07, 6.45) is -0.542. The molecule has 84 valence electrons. The zero-order valence-corrected chi connectivity index (χ0v) is 9.91. The van der Waals surface area contributed by atoms with Crippen molar-refractivity contribution in [1.82, 2.24) is 0 Å². The zero-order valence-electron chi connectivity index (χ0n) is 9.09. The van der Waals surface area contributed by atoms with E-state index in [0.717, 1.165) is 15.7 Å². The highest BCUT2D eigenvalue weighted by Crippen LogP contribution is 2.21. The Kier molecular flexibility index (Phi) is 3.36. The van der Waals surface area contributed by atoms with Gasteiger partial charge in [0, 0.05) is 4.90 Å². The van der Waals surface area contributed by atoms with E-state index in [-0.39, 0.29) is 5.75 Å². The lowest BCUT2D eigenvalue weighted by Crippen LogP contribution is -2.12. The quantitative estimate of drug-likeness (QED) is 0.885. The average Bonchev–Trinajstić information content (AvgIpc) is 2.27. The van der Waals surface area contributed by atoms with Gasteiger partial charge in [0.15, 0.2) is 0 Å². The van der Waals surface area contributed by atoms with E-state index in [2.05, 4.69) is 0 Å². The summed E-state index contributed by atoms with van der Waals surface area (Å²) in [6.45, 7) is 1.66. The third kappa shape index (κ3) is 2.31. The first kappa shape index (κ1) is 11.3. The molecular formula is C13H14O2S. The van der Waals surface area contributed by atoms with E-state index in [0.29, 0.717) is 0 Å². The van der Waals surface area contributed by atoms with Crippen LogP contribution in [0.15, 0.2) is 47.4 Å². The van der Waals surface area contributed by atoms with Crippen LogP contribution < -0.4 is 0 Å². The molecule has 2 aromatic rings. The molecular weight excluding hydrogens is 220 g/mol. The molecule has 0 aliphatic heterocycles. The summed E-state index contributed by atoms with van der Waals surface area (Å²) in [4.78, 5) is 0.805. The van der Waals surface area contributed by atoms with Crippen molar-refractivity contribution in [2.45, 2.75) is 17.9 Å². The lowest BCUT2D eigenvalue weighted by atomic mass is 10.1. The number of rotatable bonds is 3. The summed E-state index contributed by atoms with van der Waals surface area (Å²) in [6, 6.07) is 13.6. The molecule has 2 aromatic carbocycles. The van der Waals surface area contributed by atoms with E-state index in [9.17, 15) is 9.32 Å². The largest absolute Gasteiger partial charge is 0.392 e. The van der Waals surface area contributed by atoms with Gasteiger partial charge in [-0.1, -0.05) is 36.4 Å². The maximum Gasteiger partial charge on any atom is 0.0630 e. The van der Waals surface area contributed by atoms with Gasteiger partial charge in [-0.25, -0.2) is 0 Å². The molecule has 0 saturated carbocycles. The molecule has 2 atom stereocenters. The molecule has 2 rings (SSSR count). The smallest absolute Gasteiger partial charge is 0.0630 e. The van der Waals surface area contributed by atoms with Crippen molar-refractivity contribution < 1.29 is 9.32 Å². The van der Waals surface area contributed by atoms with Crippen molar-refractivity contribution in [3.8, 4) is 0 Å². The maximum absolute atomic E-state index is 12.0. The Morgan fingerprint density at radius 3 is 2.62 bits per heavy atom. The van der Waals surface area contributed by atoms with Crippen LogP contribution in [0.25, 0.3) is 10.8 Å². The molecule has 2 unspecified atom stereocenters. The minimum absolute atomic E-state index is 0.286. The summed E-state index contributed by atoms with van der Waals surface area (Å²) in [7, 11) is -1.14. The lowest BCUT2D eigenvalue weighted by molar-refractivity contribution is 0.219. The fourth-order valence-corrected chi connectivity index (χ4v) is 2.98. The maximum atomic E-state index is 12.0. The molecule has 0 aromatic heterocycles. The molecule has 0 amide bonds. The van der Waals surface area contributed by atoms with Gasteiger partial charge < -0.3 is 5.11 Å². The summed E-state index contributed by atoms with van der Waals surface area (Å²) in [5.74, 6) is 0.286. The topological polar surface area (TPSA) is 37.3 Å². The van der Waals surface area contributed by atoms with Gasteiger partial charge in [0.25, 0.3) is 0 Å². The second-order valence-corrected chi connectivity index (χ2v) is 5.30. The molecule has 16 heavy (non-hydrogen) atoms. The van der Waals surface area contributed by atoms with Crippen LogP contribution in [0.5, 0.6) is 0 Å². The van der Waals surface area contributed by atoms with Crippen LogP contribution in [-0.2, 0) is 10.8 Å². The molecule has 0 bridgehead atoms. The second kappa shape index (κ2) is 4.76. The van der Waals surface area contributed by atoms with E-state index in [1.54, 1.807) is 6.92 Å². The number of fused-ring (bicyclic) bond motifs is 1. The van der Waals surface area contributed by atoms with Crippen LogP contribution in [0.3, 0.4) is 0 Å². The van der Waals surface area contributed by atoms with Gasteiger partial charge in [-0.05, 0) is 23.8 Å². The molecule has 0 spiro atoms. The van der Waals surface area contributed by atoms with E-state index in [1.807, 2.05) is 42.5 Å². The fraction of sp³-hybridized carbons (Fsp3) is 0.231. The Morgan fingerprint density at radius 1 is 1.19 bits per heavy atom. The average molecular weight is 234 g/mol. The van der Waals surface area contributed by atoms with Gasteiger partial charge in [0.1, 0.15) is 0 Å². The highest BCUT2D eigenvalue weighted by Gasteiger charge is 2.10. The summed E-state index contributed by atoms with van der Waals surface area (Å²) in [5.41, 5.74) is 0. The number of hydrogen-bond donors (Lipinski definition) is 1. The molecule has 1 N–H and O–H groups in total. The van der Waals surface area contributed by atoms with Crippen LogP contribution in [0, 0.1) is 0 Å². The first-order valence-electron chi connectivity index (χ1n) is 5.22. The molecule has 0 aliphatic carbocycles. The van der Waals surface area contributed by atoms with Crippen LogP contribution >= 0.6 is 0 Å². The molecule has 0 fully saturated rings. The predicted octanol–water partition coefficient (Wildman–Crippen LogP) is 2.33. The van der Waals surface area contributed by atoms with Crippen molar-refractivity contribution >= 4 is 21.6 Å². The van der Waals surface area contributed by atoms with Crippen LogP contribution in [0.2, 0.25) is 0 Å². The summed E-state index contributed by atoms with van der Waals surface area (Å²) >= 11 is 0. The minimum atomic E-state index is -1.14. The van der Waals surface area contributed by atoms with Gasteiger partial charge in [-0.3, -0.25) is 4.21 Å². The van der Waals surface area contributed by atoms with Crippen molar-refractivity contribution in [2.75, 3.05) is 5.75 Å².